The normalized spacial score (nSPS) is 21.9. The molecule has 0 spiro atoms. The van der Waals surface area contributed by atoms with Crippen molar-refractivity contribution in [3.8, 4) is 0 Å². The molecule has 1 aliphatic carbocycles. The summed E-state index contributed by atoms with van der Waals surface area (Å²) in [5, 5.41) is 3.11. The van der Waals surface area contributed by atoms with E-state index < -0.39 is 0 Å². The van der Waals surface area contributed by atoms with Gasteiger partial charge in [0.25, 0.3) is 5.91 Å². The molecule has 1 N–H and O–H groups in total. The van der Waals surface area contributed by atoms with E-state index in [4.69, 9.17) is 4.74 Å². The number of carbonyl (C=O) groups excluding carboxylic acids is 1. The lowest BCUT2D eigenvalue weighted by Crippen LogP contribution is -2.48. The first-order chi connectivity index (χ1) is 9.78. The van der Waals surface area contributed by atoms with Crippen molar-refractivity contribution in [2.45, 2.75) is 25.4 Å². The summed E-state index contributed by atoms with van der Waals surface area (Å²) in [6.45, 7) is 2.78. The molecule has 1 heterocycles. The van der Waals surface area contributed by atoms with Gasteiger partial charge >= 0.3 is 0 Å². The minimum Gasteiger partial charge on any atom is -0.373 e. The van der Waals surface area contributed by atoms with Crippen molar-refractivity contribution in [3.05, 3.63) is 34.9 Å². The van der Waals surface area contributed by atoms with Crippen LogP contribution in [0.3, 0.4) is 0 Å². The molecule has 1 fully saturated rings. The van der Waals surface area contributed by atoms with Crippen LogP contribution in [0.2, 0.25) is 0 Å². The smallest absolute Gasteiger partial charge is 0.254 e. The fourth-order valence-corrected chi connectivity index (χ4v) is 3.14. The molecule has 3 rings (SSSR count). The molecular weight excluding hydrogens is 252 g/mol. The highest BCUT2D eigenvalue weighted by Gasteiger charge is 2.25. The lowest BCUT2D eigenvalue weighted by Gasteiger charge is -2.33. The summed E-state index contributed by atoms with van der Waals surface area (Å²) in [4.78, 5) is 14.5. The Morgan fingerprint density at radius 2 is 2.25 bits per heavy atom. The molecule has 1 aliphatic heterocycles. The Morgan fingerprint density at radius 3 is 3.10 bits per heavy atom. The summed E-state index contributed by atoms with van der Waals surface area (Å²) in [5.74, 6) is 0.143. The van der Waals surface area contributed by atoms with E-state index in [0.29, 0.717) is 19.7 Å². The molecule has 1 atom stereocenters. The Morgan fingerprint density at radius 1 is 1.40 bits per heavy atom. The maximum Gasteiger partial charge on any atom is 0.254 e. The number of carbonyl (C=O) groups is 1. The maximum absolute atomic E-state index is 12.6. The third-order valence-corrected chi connectivity index (χ3v) is 4.20. The number of aryl methyl sites for hydroxylation is 2. The zero-order valence-corrected chi connectivity index (χ0v) is 12.0. The molecule has 4 nitrogen and oxygen atoms in total. The predicted molar refractivity (Wildman–Crippen MR) is 78.0 cm³/mol. The molecule has 0 bridgehead atoms. The molecule has 1 aromatic rings. The highest BCUT2D eigenvalue weighted by atomic mass is 16.5. The first kappa shape index (κ1) is 13.6. The van der Waals surface area contributed by atoms with Crippen LogP contribution < -0.4 is 5.32 Å². The summed E-state index contributed by atoms with van der Waals surface area (Å²) in [6.07, 6.45) is 3.59. The van der Waals surface area contributed by atoms with Crippen molar-refractivity contribution in [3.63, 3.8) is 0 Å². The minimum absolute atomic E-state index is 0.104. The van der Waals surface area contributed by atoms with E-state index in [1.54, 1.807) is 0 Å². The number of likely N-dealkylation sites (N-methyl/N-ethyl adjacent to an activating group) is 1. The van der Waals surface area contributed by atoms with Crippen LogP contribution in [-0.4, -0.2) is 50.2 Å². The first-order valence-corrected chi connectivity index (χ1v) is 7.45. The topological polar surface area (TPSA) is 41.6 Å². The van der Waals surface area contributed by atoms with Gasteiger partial charge in [-0.3, -0.25) is 4.79 Å². The van der Waals surface area contributed by atoms with Gasteiger partial charge in [-0.25, -0.2) is 0 Å². The van der Waals surface area contributed by atoms with Gasteiger partial charge in [0.1, 0.15) is 0 Å². The number of nitrogens with zero attached hydrogens (tertiary/aromatic N) is 1. The fourth-order valence-electron chi connectivity index (χ4n) is 3.14. The van der Waals surface area contributed by atoms with Gasteiger partial charge in [-0.2, -0.15) is 0 Å². The zero-order chi connectivity index (χ0) is 13.9. The van der Waals surface area contributed by atoms with Crippen LogP contribution in [0.25, 0.3) is 0 Å². The summed E-state index contributed by atoms with van der Waals surface area (Å²) < 4.78 is 5.65. The van der Waals surface area contributed by atoms with Crippen molar-refractivity contribution in [2.75, 3.05) is 33.3 Å². The van der Waals surface area contributed by atoms with E-state index in [9.17, 15) is 4.79 Å². The van der Waals surface area contributed by atoms with Crippen molar-refractivity contribution in [1.29, 1.82) is 0 Å². The zero-order valence-electron chi connectivity index (χ0n) is 12.0. The number of benzene rings is 1. The van der Waals surface area contributed by atoms with E-state index in [1.807, 2.05) is 18.0 Å². The van der Waals surface area contributed by atoms with Crippen LogP contribution in [0.4, 0.5) is 0 Å². The lowest BCUT2D eigenvalue weighted by atomic mass is 10.1. The fraction of sp³-hybridized carbons (Fsp3) is 0.562. The molecule has 1 saturated heterocycles. The largest absolute Gasteiger partial charge is 0.373 e. The third kappa shape index (κ3) is 2.72. The molecule has 2 aliphatic rings. The van der Waals surface area contributed by atoms with E-state index in [1.165, 1.54) is 17.5 Å². The quantitative estimate of drug-likeness (QED) is 0.901. The SMILES string of the molecule is CNCC1CN(C(=O)c2ccc3c(c2)CCC3)CCO1. The number of rotatable bonds is 3. The van der Waals surface area contributed by atoms with E-state index in [-0.39, 0.29) is 12.0 Å². The van der Waals surface area contributed by atoms with Crippen molar-refractivity contribution in [1.82, 2.24) is 10.2 Å². The van der Waals surface area contributed by atoms with E-state index in [2.05, 4.69) is 17.4 Å². The molecule has 0 saturated carbocycles. The molecule has 20 heavy (non-hydrogen) atoms. The van der Waals surface area contributed by atoms with Crippen LogP contribution in [-0.2, 0) is 17.6 Å². The summed E-state index contributed by atoms with van der Waals surface area (Å²) in [6, 6.07) is 6.20. The molecule has 4 heteroatoms. The van der Waals surface area contributed by atoms with Crippen LogP contribution in [0.1, 0.15) is 27.9 Å². The minimum atomic E-state index is 0.104. The van der Waals surface area contributed by atoms with Gasteiger partial charge in [0.15, 0.2) is 0 Å². The first-order valence-electron chi connectivity index (χ1n) is 7.45. The number of ether oxygens (including phenoxy) is 1. The van der Waals surface area contributed by atoms with Crippen molar-refractivity contribution >= 4 is 5.91 Å². The summed E-state index contributed by atoms with van der Waals surface area (Å²) in [7, 11) is 1.91. The average molecular weight is 274 g/mol. The molecule has 1 amide bonds. The predicted octanol–water partition coefficient (Wildman–Crippen LogP) is 1.24. The average Bonchev–Trinajstić information content (AvgIpc) is 2.94. The van der Waals surface area contributed by atoms with Gasteiger partial charge in [0.2, 0.25) is 0 Å². The van der Waals surface area contributed by atoms with E-state index in [0.717, 1.165) is 24.9 Å². The molecule has 0 radical (unpaired) electrons. The highest BCUT2D eigenvalue weighted by Crippen LogP contribution is 2.23. The molecular formula is C16H22N2O2. The van der Waals surface area contributed by atoms with E-state index >= 15 is 0 Å². The van der Waals surface area contributed by atoms with Crippen molar-refractivity contribution < 1.29 is 9.53 Å². The van der Waals surface area contributed by atoms with Crippen LogP contribution in [0.15, 0.2) is 18.2 Å². The lowest BCUT2D eigenvalue weighted by molar-refractivity contribution is -0.0196. The van der Waals surface area contributed by atoms with Gasteiger partial charge in [-0.05, 0) is 49.6 Å². The second-order valence-corrected chi connectivity index (χ2v) is 5.64. The number of fused-ring (bicyclic) bond motifs is 1. The number of hydrogen-bond acceptors (Lipinski definition) is 3. The van der Waals surface area contributed by atoms with Crippen LogP contribution in [0, 0.1) is 0 Å². The van der Waals surface area contributed by atoms with Gasteiger partial charge in [0, 0.05) is 25.2 Å². The Kier molecular flexibility index (Phi) is 4.03. The second kappa shape index (κ2) is 5.94. The van der Waals surface area contributed by atoms with Gasteiger partial charge < -0.3 is 15.0 Å². The Labute approximate surface area is 120 Å². The van der Waals surface area contributed by atoms with Crippen LogP contribution in [0.5, 0.6) is 0 Å². The standard InChI is InChI=1S/C16H22N2O2/c1-17-10-15-11-18(7-8-20-15)16(19)14-6-5-12-3-2-4-13(12)9-14/h5-6,9,15,17H,2-4,7-8,10-11H2,1H3. The highest BCUT2D eigenvalue weighted by molar-refractivity contribution is 5.94. The van der Waals surface area contributed by atoms with Gasteiger partial charge in [-0.15, -0.1) is 0 Å². The number of hydrogen-bond donors (Lipinski definition) is 1. The Hall–Kier alpha value is -1.39. The Bertz CT molecular complexity index is 499. The monoisotopic (exact) mass is 274 g/mol. The van der Waals surface area contributed by atoms with Gasteiger partial charge in [0.05, 0.1) is 12.7 Å². The number of amides is 1. The van der Waals surface area contributed by atoms with Crippen molar-refractivity contribution in [2.24, 2.45) is 0 Å². The molecule has 0 aromatic heterocycles. The summed E-state index contributed by atoms with van der Waals surface area (Å²) >= 11 is 0. The third-order valence-electron chi connectivity index (χ3n) is 4.20. The number of nitrogens with one attached hydrogen (secondary N) is 1. The second-order valence-electron chi connectivity index (χ2n) is 5.64. The molecule has 108 valence electrons. The molecule has 1 unspecified atom stereocenters. The number of morpholine rings is 1. The van der Waals surface area contributed by atoms with Gasteiger partial charge in [-0.1, -0.05) is 6.07 Å². The molecule has 1 aromatic carbocycles. The maximum atomic E-state index is 12.6. The van der Waals surface area contributed by atoms with Crippen LogP contribution >= 0.6 is 0 Å². The summed E-state index contributed by atoms with van der Waals surface area (Å²) in [5.41, 5.74) is 3.60. The Balaban J connectivity index is 1.72.